The molecule has 2 rings (SSSR count). The average Bonchev–Trinajstić information content (AvgIpc) is 2.37. The van der Waals surface area contributed by atoms with Crippen LogP contribution in [0.3, 0.4) is 0 Å². The molecule has 1 saturated carbocycles. The molecule has 0 saturated heterocycles. The van der Waals surface area contributed by atoms with Crippen molar-refractivity contribution in [3.63, 3.8) is 0 Å². The fourth-order valence-electron chi connectivity index (χ4n) is 1.45. The summed E-state index contributed by atoms with van der Waals surface area (Å²) >= 11 is 0. The van der Waals surface area contributed by atoms with Crippen molar-refractivity contribution in [2.75, 3.05) is 0 Å². The van der Waals surface area contributed by atoms with E-state index < -0.39 is 0 Å². The lowest BCUT2D eigenvalue weighted by Crippen LogP contribution is -2.17. The van der Waals surface area contributed by atoms with Crippen LogP contribution in [0.5, 0.6) is 0 Å². The number of rotatable bonds is 0. The second-order valence-corrected chi connectivity index (χ2v) is 2.56. The van der Waals surface area contributed by atoms with Gasteiger partial charge in [0.25, 0.3) is 0 Å². The Hall–Kier alpha value is -0.920. The first-order chi connectivity index (χ1) is 4.29. The summed E-state index contributed by atoms with van der Waals surface area (Å²) < 4.78 is 0. The van der Waals surface area contributed by atoms with Gasteiger partial charge in [-0.2, -0.15) is 0 Å². The summed E-state index contributed by atoms with van der Waals surface area (Å²) in [5.74, 6) is -0.463. The molecule has 0 spiro atoms. The molecular weight excluding hydrogens is 116 g/mol. The fourth-order valence-corrected chi connectivity index (χ4v) is 1.45. The lowest BCUT2D eigenvalue weighted by Gasteiger charge is -1.96. The topological polar surface area (TPSA) is 34.1 Å². The number of allylic oxidation sites excluding steroid dienone is 2. The van der Waals surface area contributed by atoms with Gasteiger partial charge in [-0.05, 0) is 6.42 Å². The van der Waals surface area contributed by atoms with Gasteiger partial charge in [-0.15, -0.1) is 0 Å². The number of ketones is 2. The average molecular weight is 122 g/mol. The molecule has 0 aromatic carbocycles. The van der Waals surface area contributed by atoms with Gasteiger partial charge in [-0.3, -0.25) is 9.59 Å². The molecule has 0 amide bonds. The van der Waals surface area contributed by atoms with Crippen LogP contribution in [0, 0.1) is 11.8 Å². The second-order valence-electron chi connectivity index (χ2n) is 2.56. The third-order valence-corrected chi connectivity index (χ3v) is 2.00. The van der Waals surface area contributed by atoms with Crippen LogP contribution in [0.25, 0.3) is 0 Å². The maximum absolute atomic E-state index is 10.8. The monoisotopic (exact) mass is 122 g/mol. The van der Waals surface area contributed by atoms with Crippen LogP contribution in [-0.2, 0) is 9.59 Å². The first-order valence-electron chi connectivity index (χ1n) is 3.05. The lowest BCUT2D eigenvalue weighted by atomic mass is 10.1. The van der Waals surface area contributed by atoms with Gasteiger partial charge in [-0.1, -0.05) is 12.2 Å². The summed E-state index contributed by atoms with van der Waals surface area (Å²) in [4.78, 5) is 21.5. The molecule has 1 fully saturated rings. The Labute approximate surface area is 52.6 Å². The van der Waals surface area contributed by atoms with E-state index in [-0.39, 0.29) is 23.4 Å². The zero-order chi connectivity index (χ0) is 6.43. The number of carbonyl (C=O) groups excluding carboxylic acids is 2. The highest BCUT2D eigenvalue weighted by Gasteiger charge is 2.41. The van der Waals surface area contributed by atoms with Crippen molar-refractivity contribution in [3.05, 3.63) is 12.2 Å². The Bertz CT molecular complexity index is 193. The van der Waals surface area contributed by atoms with Gasteiger partial charge in [0.2, 0.25) is 11.6 Å². The maximum Gasteiger partial charge on any atom is 0.205 e. The number of hydrogen-bond acceptors (Lipinski definition) is 2. The molecule has 2 atom stereocenters. The van der Waals surface area contributed by atoms with Crippen molar-refractivity contribution >= 4 is 11.6 Å². The third kappa shape index (κ3) is 0.453. The smallest absolute Gasteiger partial charge is 0.205 e. The molecule has 2 nitrogen and oxygen atoms in total. The Kier molecular flexibility index (Phi) is 0.721. The van der Waals surface area contributed by atoms with E-state index in [2.05, 4.69) is 0 Å². The van der Waals surface area contributed by atoms with Crippen molar-refractivity contribution in [1.82, 2.24) is 0 Å². The largest absolute Gasteiger partial charge is 0.290 e. The lowest BCUT2D eigenvalue weighted by molar-refractivity contribution is -0.136. The Morgan fingerprint density at radius 3 is 1.78 bits per heavy atom. The maximum atomic E-state index is 10.8. The molecule has 2 bridgehead atoms. The van der Waals surface area contributed by atoms with Crippen LogP contribution in [0.4, 0.5) is 0 Å². The molecule has 2 aliphatic carbocycles. The van der Waals surface area contributed by atoms with E-state index >= 15 is 0 Å². The zero-order valence-electron chi connectivity index (χ0n) is 4.83. The number of fused-ring (bicyclic) bond motifs is 2. The van der Waals surface area contributed by atoms with Gasteiger partial charge >= 0.3 is 0 Å². The van der Waals surface area contributed by atoms with Gasteiger partial charge in [0.1, 0.15) is 0 Å². The first-order valence-corrected chi connectivity index (χ1v) is 3.05. The van der Waals surface area contributed by atoms with Gasteiger partial charge < -0.3 is 0 Å². The molecule has 0 radical (unpaired) electrons. The molecule has 2 heteroatoms. The number of hydrogen-bond donors (Lipinski definition) is 0. The summed E-state index contributed by atoms with van der Waals surface area (Å²) in [7, 11) is 0. The number of Topliss-reactive ketones (excluding diaryl/α,β-unsaturated/α-hetero) is 2. The quantitative estimate of drug-likeness (QED) is 0.342. The van der Waals surface area contributed by atoms with Crippen molar-refractivity contribution < 1.29 is 9.59 Å². The normalized spacial score (nSPS) is 38.7. The summed E-state index contributed by atoms with van der Waals surface area (Å²) in [5, 5.41) is 0. The standard InChI is InChI=1S/C7H6O2/c8-6-4-1-2-5(3-4)7(6)9/h1-2,4-5H,3H2/t4-,5+. The summed E-state index contributed by atoms with van der Waals surface area (Å²) in [6, 6.07) is 0. The molecule has 0 aromatic rings. The van der Waals surface area contributed by atoms with E-state index in [0.717, 1.165) is 6.42 Å². The molecule has 0 aromatic heterocycles. The molecule has 0 aliphatic heterocycles. The highest BCUT2D eigenvalue weighted by atomic mass is 16.2. The second kappa shape index (κ2) is 1.32. The summed E-state index contributed by atoms with van der Waals surface area (Å²) in [6.45, 7) is 0. The van der Waals surface area contributed by atoms with Crippen LogP contribution in [-0.4, -0.2) is 11.6 Å². The molecular formula is C7H6O2. The predicted molar refractivity (Wildman–Crippen MR) is 30.8 cm³/mol. The fraction of sp³-hybridized carbons (Fsp3) is 0.429. The molecule has 0 unspecified atom stereocenters. The van der Waals surface area contributed by atoms with E-state index in [1.807, 2.05) is 12.2 Å². The molecule has 9 heavy (non-hydrogen) atoms. The third-order valence-electron chi connectivity index (χ3n) is 2.00. The van der Waals surface area contributed by atoms with Gasteiger partial charge in [0, 0.05) is 11.8 Å². The van der Waals surface area contributed by atoms with Crippen LogP contribution >= 0.6 is 0 Å². The van der Waals surface area contributed by atoms with E-state index in [1.54, 1.807) is 0 Å². The number of carbonyl (C=O) groups is 2. The highest BCUT2D eigenvalue weighted by Crippen LogP contribution is 2.32. The Morgan fingerprint density at radius 1 is 1.11 bits per heavy atom. The van der Waals surface area contributed by atoms with Crippen LogP contribution < -0.4 is 0 Å². The van der Waals surface area contributed by atoms with E-state index in [0.29, 0.717) is 0 Å². The highest BCUT2D eigenvalue weighted by molar-refractivity contribution is 6.42. The van der Waals surface area contributed by atoms with Crippen LogP contribution in [0.15, 0.2) is 12.2 Å². The van der Waals surface area contributed by atoms with Crippen molar-refractivity contribution in [1.29, 1.82) is 0 Å². The predicted octanol–water partition coefficient (Wildman–Crippen LogP) is 0.330. The SMILES string of the molecule is O=C1C(=O)[C@H]2C=C[C@@H]1C2. The molecule has 2 aliphatic rings. The molecule has 0 N–H and O–H groups in total. The molecule has 0 heterocycles. The van der Waals surface area contributed by atoms with Crippen molar-refractivity contribution in [2.24, 2.45) is 11.8 Å². The van der Waals surface area contributed by atoms with Gasteiger partial charge in [0.15, 0.2) is 0 Å². The first kappa shape index (κ1) is 4.91. The van der Waals surface area contributed by atoms with Crippen LogP contribution in [0.1, 0.15) is 6.42 Å². The van der Waals surface area contributed by atoms with E-state index in [1.165, 1.54) is 0 Å². The van der Waals surface area contributed by atoms with Gasteiger partial charge in [0.05, 0.1) is 0 Å². The Morgan fingerprint density at radius 2 is 1.56 bits per heavy atom. The minimum Gasteiger partial charge on any atom is -0.290 e. The van der Waals surface area contributed by atoms with Crippen molar-refractivity contribution in [3.8, 4) is 0 Å². The summed E-state index contributed by atoms with van der Waals surface area (Å²) in [5.41, 5.74) is 0. The zero-order valence-corrected chi connectivity index (χ0v) is 4.83. The van der Waals surface area contributed by atoms with E-state index in [9.17, 15) is 9.59 Å². The van der Waals surface area contributed by atoms with Crippen LogP contribution in [0.2, 0.25) is 0 Å². The Balaban J connectivity index is 2.47. The summed E-state index contributed by atoms with van der Waals surface area (Å²) in [6.07, 6.45) is 4.43. The van der Waals surface area contributed by atoms with Crippen molar-refractivity contribution in [2.45, 2.75) is 6.42 Å². The van der Waals surface area contributed by atoms with E-state index in [4.69, 9.17) is 0 Å². The van der Waals surface area contributed by atoms with Gasteiger partial charge in [-0.25, -0.2) is 0 Å². The minimum atomic E-state index is -0.178. The molecule has 46 valence electrons. The minimum absolute atomic E-state index is 0.0532.